The number of anilines is 2. The Hall–Kier alpha value is -6.58. The van der Waals surface area contributed by atoms with Crippen LogP contribution >= 0.6 is 11.8 Å². The molecule has 3 N–H and O–H groups in total. The fourth-order valence-corrected chi connectivity index (χ4v) is 7.06. The molecule has 0 bridgehead atoms. The van der Waals surface area contributed by atoms with Gasteiger partial charge in [0.2, 0.25) is 0 Å². The first-order chi connectivity index (χ1) is 26.1. The summed E-state index contributed by atoms with van der Waals surface area (Å²) < 4.78 is 28.0. The Morgan fingerprint density at radius 1 is 0.889 bits per heavy atom. The van der Waals surface area contributed by atoms with Crippen LogP contribution in [-0.2, 0) is 10.0 Å². The Labute approximate surface area is 313 Å². The lowest BCUT2D eigenvalue weighted by Crippen LogP contribution is -2.49. The molecule has 274 valence electrons. The number of piperazine rings is 1. The number of aromatic nitrogens is 4. The second kappa shape index (κ2) is 16.8. The number of carbonyl (C=O) groups excluding carboxylic acids is 2. The topological polar surface area (TPSA) is 214 Å². The third-order valence-electron chi connectivity index (χ3n) is 7.97. The van der Waals surface area contributed by atoms with Gasteiger partial charge in [0, 0.05) is 79.2 Å². The van der Waals surface area contributed by atoms with Crippen molar-refractivity contribution in [1.82, 2.24) is 29.8 Å². The Kier molecular flexibility index (Phi) is 11.6. The van der Waals surface area contributed by atoms with Gasteiger partial charge < -0.3 is 20.2 Å². The molecule has 5 aromatic rings. The highest BCUT2D eigenvalue weighted by atomic mass is 32.2. The molecule has 0 radical (unpaired) electrons. The van der Waals surface area contributed by atoms with Gasteiger partial charge in [0.05, 0.1) is 21.6 Å². The lowest BCUT2D eigenvalue weighted by Gasteiger charge is -2.35. The number of carbonyl (C=O) groups is 2. The van der Waals surface area contributed by atoms with E-state index in [1.54, 1.807) is 22.7 Å². The summed E-state index contributed by atoms with van der Waals surface area (Å²) in [7, 11) is -4.51. The molecule has 0 spiro atoms. The molecule has 0 aliphatic carbocycles. The van der Waals surface area contributed by atoms with E-state index in [1.807, 2.05) is 40.0 Å². The van der Waals surface area contributed by atoms with Gasteiger partial charge in [-0.3, -0.25) is 29.7 Å². The van der Waals surface area contributed by atoms with E-state index in [4.69, 9.17) is 0 Å². The van der Waals surface area contributed by atoms with E-state index in [0.29, 0.717) is 61.0 Å². The van der Waals surface area contributed by atoms with E-state index >= 15 is 0 Å². The quantitative estimate of drug-likeness (QED) is 0.0577. The maximum Gasteiger partial charge on any atom is 0.293 e. The minimum atomic E-state index is -4.51. The van der Waals surface area contributed by atoms with Crippen LogP contribution < -0.4 is 14.9 Å². The van der Waals surface area contributed by atoms with E-state index < -0.39 is 31.4 Å². The number of aromatic hydroxyl groups is 1. The van der Waals surface area contributed by atoms with Crippen molar-refractivity contribution in [3.63, 3.8) is 0 Å². The van der Waals surface area contributed by atoms with E-state index in [-0.39, 0.29) is 23.0 Å². The standard InChI is InChI=1S/C36H31N9O7S2/c46-28-19-26(22-38-24-28)7-6-25-18-27(23-37-21-25)36(48)44-15-13-43(14-16-44)34-11-10-32(40-41-34)35(47)42-54(51,52)30-8-9-31(33(20-30)45(49)50)39-12-17-53-29-4-2-1-3-5-29/h1-5,8-11,18-24,39,46H,12-17H2,(H,42,47). The van der Waals surface area contributed by atoms with Crippen LogP contribution in [0.25, 0.3) is 0 Å². The highest BCUT2D eigenvalue weighted by Crippen LogP contribution is 2.28. The van der Waals surface area contributed by atoms with Crippen molar-refractivity contribution in [2.75, 3.05) is 48.7 Å². The fraction of sp³-hybridized carbons (Fsp3) is 0.167. The predicted molar refractivity (Wildman–Crippen MR) is 200 cm³/mol. The van der Waals surface area contributed by atoms with Crippen molar-refractivity contribution in [2.45, 2.75) is 9.79 Å². The molecule has 4 heterocycles. The summed E-state index contributed by atoms with van der Waals surface area (Å²) in [5.41, 5.74) is 0.798. The molecule has 0 unspecified atom stereocenters. The van der Waals surface area contributed by atoms with Crippen LogP contribution in [0.4, 0.5) is 17.2 Å². The van der Waals surface area contributed by atoms with Gasteiger partial charge in [0.25, 0.3) is 27.5 Å². The molecule has 6 rings (SSSR count). The lowest BCUT2D eigenvalue weighted by atomic mass is 10.1. The monoisotopic (exact) mass is 765 g/mol. The zero-order valence-electron chi connectivity index (χ0n) is 28.3. The third kappa shape index (κ3) is 9.44. The highest BCUT2D eigenvalue weighted by molar-refractivity contribution is 7.99. The number of nitro groups is 1. The van der Waals surface area contributed by atoms with E-state index in [2.05, 4.69) is 37.3 Å². The number of rotatable bonds is 11. The summed E-state index contributed by atoms with van der Waals surface area (Å²) in [6, 6.07) is 18.9. The molecule has 1 fully saturated rings. The van der Waals surface area contributed by atoms with Crippen molar-refractivity contribution >= 4 is 50.8 Å². The molecule has 18 heteroatoms. The molecule has 54 heavy (non-hydrogen) atoms. The van der Waals surface area contributed by atoms with Gasteiger partial charge in [-0.1, -0.05) is 30.0 Å². The van der Waals surface area contributed by atoms with Crippen LogP contribution in [0, 0.1) is 22.0 Å². The van der Waals surface area contributed by atoms with Gasteiger partial charge in [-0.15, -0.1) is 22.0 Å². The number of benzene rings is 2. The third-order valence-corrected chi connectivity index (χ3v) is 10.3. The SMILES string of the molecule is O=C(NS(=O)(=O)c1ccc(NCCSc2ccccc2)c([N+](=O)[O-])c1)c1ccc(N2CCN(C(=O)c3cncc(C#Cc4cncc(O)c4)c3)CC2)nn1. The largest absolute Gasteiger partial charge is 0.506 e. The maximum atomic E-state index is 13.2. The molecule has 1 saturated heterocycles. The minimum absolute atomic E-state index is 0.00565. The Balaban J connectivity index is 1.02. The van der Waals surface area contributed by atoms with Crippen molar-refractivity contribution in [3.8, 4) is 17.6 Å². The van der Waals surface area contributed by atoms with E-state index in [9.17, 15) is 33.2 Å². The van der Waals surface area contributed by atoms with Crippen LogP contribution in [0.1, 0.15) is 32.0 Å². The highest BCUT2D eigenvalue weighted by Gasteiger charge is 2.26. The zero-order valence-corrected chi connectivity index (χ0v) is 30.0. The summed E-state index contributed by atoms with van der Waals surface area (Å²) in [5, 5.41) is 32.3. The molecule has 16 nitrogen and oxygen atoms in total. The maximum absolute atomic E-state index is 13.2. The number of sulfonamides is 1. The van der Waals surface area contributed by atoms with Crippen molar-refractivity contribution in [2.24, 2.45) is 0 Å². The van der Waals surface area contributed by atoms with Crippen molar-refractivity contribution < 1.29 is 28.0 Å². The first-order valence-corrected chi connectivity index (χ1v) is 18.8. The molecule has 0 saturated carbocycles. The Morgan fingerprint density at radius 3 is 2.30 bits per heavy atom. The zero-order chi connectivity index (χ0) is 38.1. The van der Waals surface area contributed by atoms with Gasteiger partial charge in [-0.05, 0) is 48.5 Å². The minimum Gasteiger partial charge on any atom is -0.506 e. The van der Waals surface area contributed by atoms with Crippen LogP contribution in [0.15, 0.2) is 107 Å². The number of hydrogen-bond acceptors (Lipinski definition) is 14. The van der Waals surface area contributed by atoms with Gasteiger partial charge in [-0.25, -0.2) is 13.1 Å². The number of hydrogen-bond donors (Lipinski definition) is 3. The summed E-state index contributed by atoms with van der Waals surface area (Å²) in [4.78, 5) is 49.3. The predicted octanol–water partition coefficient (Wildman–Crippen LogP) is 3.57. The van der Waals surface area contributed by atoms with E-state index in [1.165, 1.54) is 55.1 Å². The number of pyridine rings is 2. The summed E-state index contributed by atoms with van der Waals surface area (Å²) in [6.45, 7) is 1.93. The number of nitro benzene ring substituents is 1. The summed E-state index contributed by atoms with van der Waals surface area (Å²) in [6.07, 6.45) is 5.81. The molecule has 1 aliphatic heterocycles. The number of nitrogens with one attached hydrogen (secondary N) is 2. The van der Waals surface area contributed by atoms with Gasteiger partial charge in [0.1, 0.15) is 11.4 Å². The van der Waals surface area contributed by atoms with Gasteiger partial charge >= 0.3 is 0 Å². The second-order valence-corrected chi connectivity index (χ2v) is 14.5. The number of thioether (sulfide) groups is 1. The average Bonchev–Trinajstić information content (AvgIpc) is 3.19. The smallest absolute Gasteiger partial charge is 0.293 e. The van der Waals surface area contributed by atoms with Crippen LogP contribution in [0.2, 0.25) is 0 Å². The average molecular weight is 766 g/mol. The first kappa shape index (κ1) is 37.2. The van der Waals surface area contributed by atoms with Crippen molar-refractivity contribution in [1.29, 1.82) is 0 Å². The number of amides is 2. The molecule has 1 aliphatic rings. The molecular weight excluding hydrogens is 735 g/mol. The molecule has 3 aromatic heterocycles. The molecule has 2 aromatic carbocycles. The summed E-state index contributed by atoms with van der Waals surface area (Å²) in [5.74, 6) is 5.54. The van der Waals surface area contributed by atoms with E-state index in [0.717, 1.165) is 11.0 Å². The molecular formula is C36H31N9O7S2. The first-order valence-electron chi connectivity index (χ1n) is 16.3. The Bertz CT molecular complexity index is 2350. The lowest BCUT2D eigenvalue weighted by molar-refractivity contribution is -0.384. The fourth-order valence-electron chi connectivity index (χ4n) is 5.29. The molecule has 0 atom stereocenters. The van der Waals surface area contributed by atoms with Crippen LogP contribution in [0.3, 0.4) is 0 Å². The van der Waals surface area contributed by atoms with Crippen LogP contribution in [-0.4, -0.2) is 93.8 Å². The number of nitrogens with zero attached hydrogens (tertiary/aromatic N) is 7. The normalized spacial score (nSPS) is 12.7. The van der Waals surface area contributed by atoms with Crippen LogP contribution in [0.5, 0.6) is 5.75 Å². The van der Waals surface area contributed by atoms with Crippen molar-refractivity contribution in [3.05, 3.63) is 130 Å². The van der Waals surface area contributed by atoms with Gasteiger partial charge in [-0.2, -0.15) is 0 Å². The van der Waals surface area contributed by atoms with Gasteiger partial charge in [0.15, 0.2) is 11.5 Å². The molecule has 2 amide bonds. The summed E-state index contributed by atoms with van der Waals surface area (Å²) >= 11 is 1.56. The Morgan fingerprint density at radius 2 is 1.61 bits per heavy atom. The second-order valence-electron chi connectivity index (χ2n) is 11.7.